The van der Waals surface area contributed by atoms with Gasteiger partial charge < -0.3 is 4.74 Å². The topological polar surface area (TPSA) is 19.0 Å². The van der Waals surface area contributed by atoms with Crippen molar-refractivity contribution in [1.29, 1.82) is 0 Å². The van der Waals surface area contributed by atoms with Gasteiger partial charge >= 0.3 is 0 Å². The van der Waals surface area contributed by atoms with Gasteiger partial charge in [0.2, 0.25) is 0 Å². The molecule has 0 bridgehead atoms. The summed E-state index contributed by atoms with van der Waals surface area (Å²) in [5.74, 6) is 0. The summed E-state index contributed by atoms with van der Waals surface area (Å²) in [6.07, 6.45) is 0.460. The van der Waals surface area contributed by atoms with E-state index in [-0.39, 0.29) is 0 Å². The minimum Gasteiger partial charge on any atom is -0.357 e. The molecule has 0 aromatic carbocycles. The first-order chi connectivity index (χ1) is 6.07. The largest absolute Gasteiger partial charge is 0.357 e. The smallest absolute Gasteiger partial charge is 0.134 e. The third kappa shape index (κ3) is 2.22. The van der Waals surface area contributed by atoms with Crippen LogP contribution in [0.4, 0.5) is 0 Å². The molecule has 0 saturated carbocycles. The SMILES string of the molecule is CC(C)(C)N1CCN(C2CO2)CC1. The van der Waals surface area contributed by atoms with Crippen molar-refractivity contribution in [2.45, 2.75) is 32.5 Å². The molecule has 76 valence electrons. The van der Waals surface area contributed by atoms with Crippen LogP contribution in [0.15, 0.2) is 0 Å². The lowest BCUT2D eigenvalue weighted by Gasteiger charge is -2.41. The second-order valence-electron chi connectivity index (χ2n) is 4.98. The van der Waals surface area contributed by atoms with E-state index in [4.69, 9.17) is 4.74 Å². The lowest BCUT2D eigenvalue weighted by molar-refractivity contribution is 0.0410. The molecule has 0 amide bonds. The van der Waals surface area contributed by atoms with Crippen LogP contribution in [0.5, 0.6) is 0 Å². The summed E-state index contributed by atoms with van der Waals surface area (Å²) in [5.41, 5.74) is 0.330. The lowest BCUT2D eigenvalue weighted by atomic mass is 10.1. The first-order valence-electron chi connectivity index (χ1n) is 5.18. The molecule has 0 spiro atoms. The summed E-state index contributed by atoms with van der Waals surface area (Å²) in [6.45, 7) is 12.5. The summed E-state index contributed by atoms with van der Waals surface area (Å²) < 4.78 is 5.28. The maximum Gasteiger partial charge on any atom is 0.134 e. The highest BCUT2D eigenvalue weighted by atomic mass is 16.6. The number of hydrogen-bond acceptors (Lipinski definition) is 3. The maximum absolute atomic E-state index is 5.28. The number of piperazine rings is 1. The van der Waals surface area contributed by atoms with Gasteiger partial charge in [-0.15, -0.1) is 0 Å². The first kappa shape index (κ1) is 9.44. The van der Waals surface area contributed by atoms with E-state index in [1.165, 1.54) is 26.2 Å². The van der Waals surface area contributed by atoms with E-state index in [9.17, 15) is 0 Å². The molecule has 1 unspecified atom stereocenters. The van der Waals surface area contributed by atoms with E-state index >= 15 is 0 Å². The highest BCUT2D eigenvalue weighted by Crippen LogP contribution is 2.21. The fourth-order valence-corrected chi connectivity index (χ4v) is 1.93. The normalized spacial score (nSPS) is 32.1. The van der Waals surface area contributed by atoms with Crippen LogP contribution in [0.1, 0.15) is 20.8 Å². The van der Waals surface area contributed by atoms with Gasteiger partial charge in [0.05, 0.1) is 6.61 Å². The molecule has 2 fully saturated rings. The van der Waals surface area contributed by atoms with Gasteiger partial charge in [0, 0.05) is 31.7 Å². The van der Waals surface area contributed by atoms with E-state index in [0.29, 0.717) is 11.8 Å². The van der Waals surface area contributed by atoms with Crippen molar-refractivity contribution in [2.75, 3.05) is 32.8 Å². The van der Waals surface area contributed by atoms with Gasteiger partial charge in [0.15, 0.2) is 0 Å². The Kier molecular flexibility index (Phi) is 2.34. The fourth-order valence-electron chi connectivity index (χ4n) is 1.93. The maximum atomic E-state index is 5.28. The van der Waals surface area contributed by atoms with Crippen molar-refractivity contribution in [3.63, 3.8) is 0 Å². The summed E-state index contributed by atoms with van der Waals surface area (Å²) >= 11 is 0. The van der Waals surface area contributed by atoms with Gasteiger partial charge in [-0.1, -0.05) is 0 Å². The van der Waals surface area contributed by atoms with Gasteiger partial charge in [-0.2, -0.15) is 0 Å². The van der Waals surface area contributed by atoms with Crippen molar-refractivity contribution in [3.05, 3.63) is 0 Å². The Morgan fingerprint density at radius 2 is 1.62 bits per heavy atom. The highest BCUT2D eigenvalue weighted by molar-refractivity contribution is 4.84. The minimum atomic E-state index is 0.330. The van der Waals surface area contributed by atoms with Crippen LogP contribution in [0.25, 0.3) is 0 Å². The molecule has 0 radical (unpaired) electrons. The molecule has 2 heterocycles. The molecule has 0 aromatic heterocycles. The average molecular weight is 184 g/mol. The molecule has 3 nitrogen and oxygen atoms in total. The van der Waals surface area contributed by atoms with Gasteiger partial charge in [0.25, 0.3) is 0 Å². The third-order valence-corrected chi connectivity index (χ3v) is 2.99. The minimum absolute atomic E-state index is 0.330. The molecule has 0 aliphatic carbocycles. The third-order valence-electron chi connectivity index (χ3n) is 2.99. The Morgan fingerprint density at radius 1 is 1.08 bits per heavy atom. The van der Waals surface area contributed by atoms with Gasteiger partial charge in [0.1, 0.15) is 6.23 Å². The molecule has 0 N–H and O–H groups in total. The van der Waals surface area contributed by atoms with Crippen LogP contribution in [0.2, 0.25) is 0 Å². The van der Waals surface area contributed by atoms with E-state index < -0.39 is 0 Å². The van der Waals surface area contributed by atoms with E-state index in [1.54, 1.807) is 0 Å². The fraction of sp³-hybridized carbons (Fsp3) is 1.00. The monoisotopic (exact) mass is 184 g/mol. The Hall–Kier alpha value is -0.120. The molecule has 3 heteroatoms. The van der Waals surface area contributed by atoms with Gasteiger partial charge in [-0.05, 0) is 20.8 Å². The number of rotatable bonds is 1. The van der Waals surface area contributed by atoms with Crippen molar-refractivity contribution in [3.8, 4) is 0 Å². The molecular weight excluding hydrogens is 164 g/mol. The molecular formula is C10H20N2O. The molecule has 2 rings (SSSR count). The average Bonchev–Trinajstić information content (AvgIpc) is 2.85. The Labute approximate surface area is 80.6 Å². The first-order valence-corrected chi connectivity index (χ1v) is 5.18. The van der Waals surface area contributed by atoms with Crippen LogP contribution in [-0.2, 0) is 4.74 Å². The highest BCUT2D eigenvalue weighted by Gasteiger charge is 2.34. The van der Waals surface area contributed by atoms with Gasteiger partial charge in [-0.3, -0.25) is 9.80 Å². The van der Waals surface area contributed by atoms with Crippen LogP contribution < -0.4 is 0 Å². The number of hydrogen-bond donors (Lipinski definition) is 0. The standard InChI is InChI=1S/C10H20N2O/c1-10(2,3)12-6-4-11(5-7-12)9-8-13-9/h9H,4-8H2,1-3H3. The Bertz CT molecular complexity index is 176. The number of nitrogens with zero attached hydrogens (tertiary/aromatic N) is 2. The summed E-state index contributed by atoms with van der Waals surface area (Å²) in [4.78, 5) is 4.99. The van der Waals surface area contributed by atoms with Crippen LogP contribution in [-0.4, -0.2) is 54.4 Å². The zero-order chi connectivity index (χ0) is 9.47. The van der Waals surface area contributed by atoms with Crippen molar-refractivity contribution < 1.29 is 4.74 Å². The summed E-state index contributed by atoms with van der Waals surface area (Å²) in [6, 6.07) is 0. The molecule has 2 aliphatic rings. The second kappa shape index (κ2) is 3.23. The second-order valence-corrected chi connectivity index (χ2v) is 4.98. The zero-order valence-electron chi connectivity index (χ0n) is 8.92. The number of epoxide rings is 1. The van der Waals surface area contributed by atoms with Crippen molar-refractivity contribution in [2.24, 2.45) is 0 Å². The van der Waals surface area contributed by atoms with E-state index in [1.807, 2.05) is 0 Å². The van der Waals surface area contributed by atoms with Crippen LogP contribution in [0.3, 0.4) is 0 Å². The van der Waals surface area contributed by atoms with Crippen LogP contribution in [0, 0.1) is 0 Å². The van der Waals surface area contributed by atoms with E-state index in [2.05, 4.69) is 30.6 Å². The summed E-state index contributed by atoms with van der Waals surface area (Å²) in [7, 11) is 0. The summed E-state index contributed by atoms with van der Waals surface area (Å²) in [5, 5.41) is 0. The molecule has 2 aliphatic heterocycles. The predicted molar refractivity (Wildman–Crippen MR) is 52.6 cm³/mol. The quantitative estimate of drug-likeness (QED) is 0.561. The predicted octanol–water partition coefficient (Wildman–Crippen LogP) is 0.759. The van der Waals surface area contributed by atoms with E-state index in [0.717, 1.165) is 6.61 Å². The molecule has 0 aromatic rings. The Balaban J connectivity index is 1.81. The molecule has 1 atom stereocenters. The Morgan fingerprint density at radius 3 is 2.00 bits per heavy atom. The molecule has 2 saturated heterocycles. The number of ether oxygens (including phenoxy) is 1. The zero-order valence-corrected chi connectivity index (χ0v) is 8.92. The van der Waals surface area contributed by atoms with Crippen LogP contribution >= 0.6 is 0 Å². The molecule has 13 heavy (non-hydrogen) atoms. The lowest BCUT2D eigenvalue weighted by Crippen LogP contribution is -2.53. The van der Waals surface area contributed by atoms with Crippen molar-refractivity contribution >= 4 is 0 Å². The van der Waals surface area contributed by atoms with Crippen molar-refractivity contribution in [1.82, 2.24) is 9.80 Å². The van der Waals surface area contributed by atoms with Gasteiger partial charge in [-0.25, -0.2) is 0 Å².